The zero-order chi connectivity index (χ0) is 21.0. The molecule has 3 amide bonds. The number of aliphatic carboxylic acids is 2. The summed E-state index contributed by atoms with van der Waals surface area (Å²) >= 11 is 0.821. The lowest BCUT2D eigenvalue weighted by Crippen LogP contribution is -2.50. The molecule has 27 heavy (non-hydrogen) atoms. The van der Waals surface area contributed by atoms with Gasteiger partial charge in [-0.2, -0.15) is 0 Å². The number of carbonyl (C=O) groups excluding carboxylic acids is 3. The van der Waals surface area contributed by atoms with Crippen LogP contribution >= 0.6 is 11.8 Å². The second-order valence-electron chi connectivity index (χ2n) is 5.46. The molecular formula is C15H26N4O7S. The van der Waals surface area contributed by atoms with Crippen molar-refractivity contribution in [1.29, 1.82) is 0 Å². The highest BCUT2D eigenvalue weighted by molar-refractivity contribution is 8.13. The maximum absolute atomic E-state index is 12.1. The van der Waals surface area contributed by atoms with Crippen LogP contribution in [-0.2, 0) is 19.2 Å². The van der Waals surface area contributed by atoms with E-state index in [9.17, 15) is 24.0 Å². The number of carboxylic acid groups (broad SMARTS) is 2. The van der Waals surface area contributed by atoms with Crippen molar-refractivity contribution < 1.29 is 34.2 Å². The number of hydrogen-bond acceptors (Lipinski definition) is 7. The molecule has 0 fully saturated rings. The number of amides is 3. The van der Waals surface area contributed by atoms with Crippen LogP contribution in [0.25, 0.3) is 0 Å². The summed E-state index contributed by atoms with van der Waals surface area (Å²) in [6.45, 7) is 3.93. The number of carbonyl (C=O) groups is 5. The van der Waals surface area contributed by atoms with Crippen LogP contribution in [-0.4, -0.2) is 81.6 Å². The van der Waals surface area contributed by atoms with E-state index in [4.69, 9.17) is 15.9 Å². The summed E-state index contributed by atoms with van der Waals surface area (Å²) in [6.07, 6.45) is -0.360. The molecule has 154 valence electrons. The van der Waals surface area contributed by atoms with E-state index in [1.165, 1.54) is 4.90 Å². The monoisotopic (exact) mass is 406 g/mol. The van der Waals surface area contributed by atoms with Gasteiger partial charge in [-0.1, -0.05) is 11.8 Å². The molecule has 0 aliphatic rings. The van der Waals surface area contributed by atoms with Crippen molar-refractivity contribution in [3.8, 4) is 0 Å². The van der Waals surface area contributed by atoms with E-state index < -0.39 is 42.4 Å². The molecule has 0 radical (unpaired) electrons. The smallest absolute Gasteiger partial charge is 0.322 e. The van der Waals surface area contributed by atoms with Crippen molar-refractivity contribution in [2.75, 3.05) is 25.4 Å². The summed E-state index contributed by atoms with van der Waals surface area (Å²) < 4.78 is 0. The molecule has 12 heteroatoms. The van der Waals surface area contributed by atoms with Gasteiger partial charge in [-0.25, -0.2) is 0 Å². The zero-order valence-electron chi connectivity index (χ0n) is 15.3. The van der Waals surface area contributed by atoms with Crippen LogP contribution in [0.15, 0.2) is 0 Å². The summed E-state index contributed by atoms with van der Waals surface area (Å²) in [7, 11) is 0. The Morgan fingerprint density at radius 3 is 2.19 bits per heavy atom. The normalized spacial score (nSPS) is 12.6. The molecule has 0 aromatic heterocycles. The molecule has 11 nitrogen and oxygen atoms in total. The van der Waals surface area contributed by atoms with Crippen LogP contribution < -0.4 is 16.4 Å². The van der Waals surface area contributed by atoms with E-state index in [1.54, 1.807) is 13.8 Å². The van der Waals surface area contributed by atoms with Crippen molar-refractivity contribution in [1.82, 2.24) is 15.5 Å². The molecule has 0 saturated carbocycles. The number of nitrogens with zero attached hydrogens (tertiary/aromatic N) is 1. The van der Waals surface area contributed by atoms with E-state index in [0.29, 0.717) is 13.1 Å². The van der Waals surface area contributed by atoms with Crippen molar-refractivity contribution in [3.63, 3.8) is 0 Å². The van der Waals surface area contributed by atoms with Crippen molar-refractivity contribution in [2.24, 2.45) is 5.73 Å². The average Bonchev–Trinajstić information content (AvgIpc) is 2.61. The third kappa shape index (κ3) is 10.4. The lowest BCUT2D eigenvalue weighted by molar-refractivity contribution is -0.139. The standard InChI is InChI=1S/C15H26N4O7S/c1-3-19(4-2)15(26)27-8-10(13(23)17-7-12(21)22)18-11(20)6-5-9(16)14(24)25/h9-10H,3-8,16H2,1-2H3,(H,17,23)(H,18,20)(H,21,22)(H,24,25)/t9-,10-/m1/s1. The average molecular weight is 406 g/mol. The summed E-state index contributed by atoms with van der Waals surface area (Å²) in [6, 6.07) is -2.36. The lowest BCUT2D eigenvalue weighted by Gasteiger charge is -2.21. The van der Waals surface area contributed by atoms with Gasteiger partial charge >= 0.3 is 11.9 Å². The first-order valence-corrected chi connectivity index (χ1v) is 9.29. The maximum atomic E-state index is 12.1. The van der Waals surface area contributed by atoms with Crippen LogP contribution in [0.1, 0.15) is 26.7 Å². The second kappa shape index (κ2) is 12.9. The number of nitrogens with one attached hydrogen (secondary N) is 2. The second-order valence-corrected chi connectivity index (χ2v) is 6.44. The highest BCUT2D eigenvalue weighted by Crippen LogP contribution is 2.11. The molecule has 0 aromatic carbocycles. The molecule has 6 N–H and O–H groups in total. The minimum absolute atomic E-state index is 0.0997. The molecule has 0 rings (SSSR count). The Labute approximate surface area is 161 Å². The Balaban J connectivity index is 4.84. The largest absolute Gasteiger partial charge is 0.480 e. The van der Waals surface area contributed by atoms with Gasteiger partial charge in [0.2, 0.25) is 11.8 Å². The molecule has 0 aliphatic carbocycles. The van der Waals surface area contributed by atoms with Crippen LogP contribution in [0.3, 0.4) is 0 Å². The predicted molar refractivity (Wildman–Crippen MR) is 98.2 cm³/mol. The molecule has 0 aliphatic heterocycles. The van der Waals surface area contributed by atoms with E-state index in [-0.39, 0.29) is 23.8 Å². The molecule has 0 spiro atoms. The van der Waals surface area contributed by atoms with Gasteiger partial charge < -0.3 is 31.5 Å². The molecule has 0 unspecified atom stereocenters. The van der Waals surface area contributed by atoms with Gasteiger partial charge in [0.15, 0.2) is 0 Å². The van der Waals surface area contributed by atoms with Gasteiger partial charge in [0.25, 0.3) is 5.24 Å². The molecule has 0 saturated heterocycles. The minimum atomic E-state index is -1.26. The zero-order valence-corrected chi connectivity index (χ0v) is 16.1. The topological polar surface area (TPSA) is 179 Å². The van der Waals surface area contributed by atoms with E-state index >= 15 is 0 Å². The third-order valence-electron chi connectivity index (χ3n) is 3.46. The Bertz CT molecular complexity index is 554. The number of carboxylic acids is 2. The first-order chi connectivity index (χ1) is 12.6. The van der Waals surface area contributed by atoms with E-state index in [2.05, 4.69) is 10.6 Å². The quantitative estimate of drug-likeness (QED) is 0.273. The summed E-state index contributed by atoms with van der Waals surface area (Å²) in [5, 5.41) is 21.6. The molecule has 0 heterocycles. The lowest BCUT2D eigenvalue weighted by atomic mass is 10.1. The Morgan fingerprint density at radius 1 is 1.11 bits per heavy atom. The number of hydrogen-bond donors (Lipinski definition) is 5. The number of rotatable bonds is 12. The van der Waals surface area contributed by atoms with Gasteiger partial charge in [0.1, 0.15) is 18.6 Å². The van der Waals surface area contributed by atoms with E-state index in [0.717, 1.165) is 11.8 Å². The third-order valence-corrected chi connectivity index (χ3v) is 4.47. The van der Waals surface area contributed by atoms with Gasteiger partial charge in [0, 0.05) is 25.3 Å². The fraction of sp³-hybridized carbons (Fsp3) is 0.667. The first kappa shape index (κ1) is 24.7. The fourth-order valence-electron chi connectivity index (χ4n) is 1.87. The van der Waals surface area contributed by atoms with Gasteiger partial charge in [-0.3, -0.25) is 24.0 Å². The fourth-order valence-corrected chi connectivity index (χ4v) is 2.86. The maximum Gasteiger partial charge on any atom is 0.322 e. The van der Waals surface area contributed by atoms with Crippen molar-refractivity contribution in [3.05, 3.63) is 0 Å². The highest BCUT2D eigenvalue weighted by atomic mass is 32.2. The van der Waals surface area contributed by atoms with Crippen LogP contribution in [0.4, 0.5) is 4.79 Å². The predicted octanol–water partition coefficient (Wildman–Crippen LogP) is -0.941. The SMILES string of the molecule is CCN(CC)C(=O)SC[C@@H](NC(=O)CC[C@@H](N)C(=O)O)C(=O)NCC(=O)O. The van der Waals surface area contributed by atoms with Crippen molar-refractivity contribution in [2.45, 2.75) is 38.8 Å². The Morgan fingerprint density at radius 2 is 1.70 bits per heavy atom. The highest BCUT2D eigenvalue weighted by Gasteiger charge is 2.24. The molecule has 2 atom stereocenters. The molecule has 0 aromatic rings. The Hall–Kier alpha value is -2.34. The van der Waals surface area contributed by atoms with Gasteiger partial charge in [-0.05, 0) is 20.3 Å². The summed E-state index contributed by atoms with van der Waals surface area (Å²) in [4.78, 5) is 58.9. The number of thioether (sulfide) groups is 1. The van der Waals surface area contributed by atoms with Crippen LogP contribution in [0.5, 0.6) is 0 Å². The summed E-state index contributed by atoms with van der Waals surface area (Å²) in [5.41, 5.74) is 5.32. The van der Waals surface area contributed by atoms with E-state index in [1.807, 2.05) is 0 Å². The minimum Gasteiger partial charge on any atom is -0.480 e. The van der Waals surface area contributed by atoms with Gasteiger partial charge in [0.05, 0.1) is 0 Å². The van der Waals surface area contributed by atoms with Crippen molar-refractivity contribution >= 4 is 40.8 Å². The summed E-state index contributed by atoms with van der Waals surface area (Å²) in [5.74, 6) is -3.99. The number of nitrogens with two attached hydrogens (primary N) is 1. The van der Waals surface area contributed by atoms with Crippen LogP contribution in [0, 0.1) is 0 Å². The first-order valence-electron chi connectivity index (χ1n) is 8.31. The molecular weight excluding hydrogens is 380 g/mol. The van der Waals surface area contributed by atoms with Gasteiger partial charge in [-0.15, -0.1) is 0 Å². The van der Waals surface area contributed by atoms with Crippen LogP contribution in [0.2, 0.25) is 0 Å². The molecule has 0 bridgehead atoms. The Kier molecular flexibility index (Phi) is 11.8.